The first-order chi connectivity index (χ1) is 18.4. The Bertz CT molecular complexity index is 1290. The standard InChI is InChI=1S/C30H38N4O4/c1-16-14-30-22(16)12-20(13-24(30)34(30)28-31-17(2)11-23(32-28)27(35)36)37-15-21-25(33-38-26(21)19-3-4-19)18-5-7-29(8-6-18)9-10-29/h11,16,18-20,22,24H,3-10,12-15H2,1-2H3,(H,35,36)/t16?,20-,22+,24?,30-,34?/m0/s1. The van der Waals surface area contributed by atoms with Crippen molar-refractivity contribution in [2.75, 3.05) is 4.90 Å². The lowest BCUT2D eigenvalue weighted by Crippen LogP contribution is -2.51. The van der Waals surface area contributed by atoms with E-state index in [1.807, 2.05) is 6.92 Å². The first kappa shape index (κ1) is 23.4. The molecular weight excluding hydrogens is 480 g/mol. The van der Waals surface area contributed by atoms with Crippen LogP contribution in [0.3, 0.4) is 0 Å². The highest BCUT2D eigenvalue weighted by atomic mass is 16.5. The minimum absolute atomic E-state index is 0.0761. The molecule has 1 saturated heterocycles. The summed E-state index contributed by atoms with van der Waals surface area (Å²) in [5.41, 5.74) is 3.98. The molecule has 8 heteroatoms. The highest BCUT2D eigenvalue weighted by molar-refractivity contribution is 5.86. The van der Waals surface area contributed by atoms with E-state index in [2.05, 4.69) is 26.9 Å². The van der Waals surface area contributed by atoms with E-state index in [1.54, 1.807) is 6.07 Å². The van der Waals surface area contributed by atoms with Crippen LogP contribution < -0.4 is 4.90 Å². The summed E-state index contributed by atoms with van der Waals surface area (Å²) in [6.45, 7) is 4.78. The predicted molar refractivity (Wildman–Crippen MR) is 139 cm³/mol. The number of rotatable bonds is 7. The smallest absolute Gasteiger partial charge is 0.354 e. The maximum absolute atomic E-state index is 11.6. The molecule has 2 unspecified atom stereocenters. The van der Waals surface area contributed by atoms with Crippen molar-refractivity contribution in [3.05, 3.63) is 34.5 Å². The Morgan fingerprint density at radius 2 is 1.92 bits per heavy atom. The fourth-order valence-electron chi connectivity index (χ4n) is 8.67. The maximum atomic E-state index is 11.6. The van der Waals surface area contributed by atoms with Gasteiger partial charge in [-0.1, -0.05) is 12.1 Å². The second kappa shape index (κ2) is 8.03. The van der Waals surface area contributed by atoms with Crippen LogP contribution >= 0.6 is 0 Å². The molecule has 5 atom stereocenters. The minimum atomic E-state index is -1.000. The van der Waals surface area contributed by atoms with Crippen LogP contribution in [0.15, 0.2) is 10.6 Å². The Labute approximate surface area is 223 Å². The van der Waals surface area contributed by atoms with Gasteiger partial charge in [-0.15, -0.1) is 0 Å². The third-order valence-electron chi connectivity index (χ3n) is 11.2. The number of nitrogens with zero attached hydrogens (tertiary/aromatic N) is 4. The predicted octanol–water partition coefficient (Wildman–Crippen LogP) is 5.75. The maximum Gasteiger partial charge on any atom is 0.354 e. The number of carboxylic acid groups (broad SMARTS) is 1. The van der Waals surface area contributed by atoms with Crippen LogP contribution in [0.1, 0.15) is 123 Å². The van der Waals surface area contributed by atoms with E-state index >= 15 is 0 Å². The highest BCUT2D eigenvalue weighted by Gasteiger charge is 2.76. The molecule has 5 saturated carbocycles. The summed E-state index contributed by atoms with van der Waals surface area (Å²) >= 11 is 0. The molecule has 1 N–H and O–H groups in total. The molecule has 2 spiro atoms. The summed E-state index contributed by atoms with van der Waals surface area (Å²) in [7, 11) is 0. The number of anilines is 1. The van der Waals surface area contributed by atoms with E-state index in [4.69, 9.17) is 9.26 Å². The zero-order valence-corrected chi connectivity index (χ0v) is 22.5. The molecule has 5 aliphatic carbocycles. The van der Waals surface area contributed by atoms with Crippen molar-refractivity contribution >= 4 is 11.9 Å². The largest absolute Gasteiger partial charge is 0.477 e. The molecule has 202 valence electrons. The molecule has 0 aromatic carbocycles. The van der Waals surface area contributed by atoms with E-state index in [9.17, 15) is 9.90 Å². The average Bonchev–Trinajstić information content (AvgIpc) is 3.83. The molecule has 6 fully saturated rings. The molecule has 2 aromatic heterocycles. The lowest BCUT2D eigenvalue weighted by molar-refractivity contribution is -0.0358. The summed E-state index contributed by atoms with van der Waals surface area (Å²) in [5, 5.41) is 14.2. The van der Waals surface area contributed by atoms with Gasteiger partial charge in [-0.3, -0.25) is 0 Å². The van der Waals surface area contributed by atoms with E-state index < -0.39 is 5.97 Å². The van der Waals surface area contributed by atoms with Gasteiger partial charge in [0.05, 0.1) is 30.0 Å². The fraction of sp³-hybridized carbons (Fsp3) is 0.733. The van der Waals surface area contributed by atoms with Gasteiger partial charge in [0.25, 0.3) is 0 Å². The molecule has 1 aliphatic heterocycles. The van der Waals surface area contributed by atoms with Gasteiger partial charge in [-0.25, -0.2) is 14.8 Å². The summed E-state index contributed by atoms with van der Waals surface area (Å²) in [6.07, 6.45) is 13.7. The monoisotopic (exact) mass is 518 g/mol. The van der Waals surface area contributed by atoms with Crippen LogP contribution in [-0.2, 0) is 11.3 Å². The number of carboxylic acids is 1. The Morgan fingerprint density at radius 3 is 2.61 bits per heavy atom. The van der Waals surface area contributed by atoms with Crippen LogP contribution in [0.4, 0.5) is 5.95 Å². The third-order valence-corrected chi connectivity index (χ3v) is 11.2. The molecule has 6 aliphatic rings. The second-order valence-corrected chi connectivity index (χ2v) is 13.5. The Morgan fingerprint density at radius 1 is 1.13 bits per heavy atom. The van der Waals surface area contributed by atoms with Gasteiger partial charge < -0.3 is 19.3 Å². The van der Waals surface area contributed by atoms with Gasteiger partial charge >= 0.3 is 5.97 Å². The third kappa shape index (κ3) is 3.51. The molecule has 0 amide bonds. The summed E-state index contributed by atoms with van der Waals surface area (Å²) < 4.78 is 12.7. The quantitative estimate of drug-likeness (QED) is 0.463. The zero-order valence-electron chi connectivity index (χ0n) is 22.5. The van der Waals surface area contributed by atoms with Gasteiger partial charge in [-0.2, -0.15) is 0 Å². The number of aromatic nitrogens is 3. The van der Waals surface area contributed by atoms with Crippen molar-refractivity contribution in [1.29, 1.82) is 0 Å². The normalized spacial score (nSPS) is 34.9. The van der Waals surface area contributed by atoms with Crippen molar-refractivity contribution in [1.82, 2.24) is 15.1 Å². The molecule has 8 rings (SSSR count). The van der Waals surface area contributed by atoms with Gasteiger partial charge in [-0.05, 0) is 101 Å². The Kier molecular flexibility index (Phi) is 4.94. The molecular formula is C30H38N4O4. The van der Waals surface area contributed by atoms with Crippen molar-refractivity contribution in [2.24, 2.45) is 17.3 Å². The molecule has 2 aromatic rings. The number of aromatic carboxylic acids is 1. The molecule has 0 radical (unpaired) electrons. The van der Waals surface area contributed by atoms with E-state index in [0.29, 0.717) is 53.4 Å². The van der Waals surface area contributed by atoms with Crippen molar-refractivity contribution in [3.63, 3.8) is 0 Å². The number of aryl methyl sites for hydroxylation is 1. The van der Waals surface area contributed by atoms with Gasteiger partial charge in [0.15, 0.2) is 5.69 Å². The first-order valence-electron chi connectivity index (χ1n) is 14.9. The van der Waals surface area contributed by atoms with E-state index in [-0.39, 0.29) is 17.3 Å². The van der Waals surface area contributed by atoms with Crippen LogP contribution in [0, 0.1) is 24.2 Å². The van der Waals surface area contributed by atoms with Gasteiger partial charge in [0, 0.05) is 23.1 Å². The zero-order chi connectivity index (χ0) is 25.8. The van der Waals surface area contributed by atoms with Crippen molar-refractivity contribution < 1.29 is 19.2 Å². The number of hydrogen-bond donors (Lipinski definition) is 1. The van der Waals surface area contributed by atoms with Crippen molar-refractivity contribution in [2.45, 2.75) is 121 Å². The first-order valence-corrected chi connectivity index (χ1v) is 14.9. The summed E-state index contributed by atoms with van der Waals surface area (Å²) in [4.78, 5) is 23.1. The van der Waals surface area contributed by atoms with E-state index in [0.717, 1.165) is 25.0 Å². The van der Waals surface area contributed by atoms with Crippen LogP contribution in [0.25, 0.3) is 0 Å². The topological polar surface area (TPSA) is 101 Å². The number of ether oxygens (including phenoxy) is 1. The van der Waals surface area contributed by atoms with E-state index in [1.165, 1.54) is 62.6 Å². The van der Waals surface area contributed by atoms with Gasteiger partial charge in [0.1, 0.15) is 5.76 Å². The molecule has 38 heavy (non-hydrogen) atoms. The average molecular weight is 519 g/mol. The minimum Gasteiger partial charge on any atom is -0.477 e. The lowest BCUT2D eigenvalue weighted by Gasteiger charge is -2.48. The Balaban J connectivity index is 1.00. The summed E-state index contributed by atoms with van der Waals surface area (Å²) in [6, 6.07) is 1.87. The summed E-state index contributed by atoms with van der Waals surface area (Å²) in [5.74, 6) is 2.87. The Hall–Kier alpha value is -2.48. The second-order valence-electron chi connectivity index (χ2n) is 13.5. The SMILES string of the molecule is Cc1cc(C(=O)O)nc(N2C3C[C@@H](OCc4c(C5CCC6(CC5)CC6)noc4C4CC4)C[C@@H]4C(C)C[C@@]342)n1. The van der Waals surface area contributed by atoms with Gasteiger partial charge in [0.2, 0.25) is 5.95 Å². The molecule has 0 bridgehead atoms. The van der Waals surface area contributed by atoms with Crippen LogP contribution in [-0.4, -0.2) is 43.9 Å². The molecule has 8 nitrogen and oxygen atoms in total. The van der Waals surface area contributed by atoms with Crippen molar-refractivity contribution in [3.8, 4) is 0 Å². The highest BCUT2D eigenvalue weighted by Crippen LogP contribution is 2.68. The number of hydrogen-bond acceptors (Lipinski definition) is 7. The van der Waals surface area contributed by atoms with Crippen LogP contribution in [0.2, 0.25) is 0 Å². The molecule has 3 heterocycles. The lowest BCUT2D eigenvalue weighted by atomic mass is 9.58. The fourth-order valence-corrected chi connectivity index (χ4v) is 8.67. The van der Waals surface area contributed by atoms with Crippen LogP contribution in [0.5, 0.6) is 0 Å². The number of carbonyl (C=O) groups is 1.